The molecule has 2 amide bonds. The minimum Gasteiger partial charge on any atom is -0.353 e. The Hall–Kier alpha value is -1.10. The second-order valence-electron chi connectivity index (χ2n) is 3.94. The first-order valence-corrected chi connectivity index (χ1v) is 5.46. The maximum absolute atomic E-state index is 11.4. The second-order valence-corrected chi connectivity index (χ2v) is 3.94. The molecule has 0 aromatic carbocycles. The van der Waals surface area contributed by atoms with Crippen molar-refractivity contribution in [2.75, 3.05) is 6.54 Å². The van der Waals surface area contributed by atoms with Crippen LogP contribution in [0, 0.1) is 0 Å². The van der Waals surface area contributed by atoms with E-state index < -0.39 is 6.04 Å². The summed E-state index contributed by atoms with van der Waals surface area (Å²) in [5.74, 6) is -0.0647. The summed E-state index contributed by atoms with van der Waals surface area (Å²) in [6, 6.07) is -0.345. The molecule has 1 unspecified atom stereocenters. The predicted octanol–water partition coefficient (Wildman–Crippen LogP) is -0.491. The number of hydrogen-bond donors (Lipinski definition) is 3. The highest BCUT2D eigenvalue weighted by Crippen LogP contribution is 2.05. The number of carbonyl (C=O) groups is 2. The Balaban J connectivity index is 2.19. The molecule has 0 bridgehead atoms. The van der Waals surface area contributed by atoms with Crippen molar-refractivity contribution in [1.29, 1.82) is 0 Å². The molecule has 2 atom stereocenters. The van der Waals surface area contributed by atoms with Crippen LogP contribution in [0.4, 0.5) is 0 Å². The first-order valence-electron chi connectivity index (χ1n) is 5.46. The fraction of sp³-hybridized carbons (Fsp3) is 0.800. The van der Waals surface area contributed by atoms with Crippen molar-refractivity contribution in [3.63, 3.8) is 0 Å². The highest BCUT2D eigenvalue weighted by Gasteiger charge is 2.21. The van der Waals surface area contributed by atoms with Crippen molar-refractivity contribution in [2.45, 2.75) is 44.7 Å². The molecule has 0 saturated carbocycles. The normalized spacial score (nSPS) is 22.3. The summed E-state index contributed by atoms with van der Waals surface area (Å²) in [5.41, 5.74) is 5.64. The van der Waals surface area contributed by atoms with E-state index in [0.29, 0.717) is 19.4 Å². The molecule has 1 heterocycles. The number of rotatable bonds is 5. The molecule has 0 aromatic rings. The fourth-order valence-electron chi connectivity index (χ4n) is 1.63. The summed E-state index contributed by atoms with van der Waals surface area (Å²) >= 11 is 0. The zero-order chi connectivity index (χ0) is 11.3. The van der Waals surface area contributed by atoms with Crippen LogP contribution >= 0.6 is 0 Å². The Bertz CT molecular complexity index is 243. The van der Waals surface area contributed by atoms with E-state index in [9.17, 15) is 9.59 Å². The van der Waals surface area contributed by atoms with Crippen molar-refractivity contribution in [2.24, 2.45) is 5.73 Å². The minimum absolute atomic E-state index is 0.0621. The molecular formula is C10H19N3O2. The van der Waals surface area contributed by atoms with E-state index in [1.54, 1.807) is 0 Å². The second kappa shape index (κ2) is 5.70. The summed E-state index contributed by atoms with van der Waals surface area (Å²) in [4.78, 5) is 22.3. The molecule has 86 valence electrons. The molecule has 1 aliphatic rings. The lowest BCUT2D eigenvalue weighted by atomic mass is 10.1. The molecule has 1 aliphatic heterocycles. The van der Waals surface area contributed by atoms with Gasteiger partial charge in [-0.25, -0.2) is 0 Å². The van der Waals surface area contributed by atoms with E-state index in [4.69, 9.17) is 5.73 Å². The van der Waals surface area contributed by atoms with E-state index in [1.807, 2.05) is 6.92 Å². The molecule has 4 N–H and O–H groups in total. The summed E-state index contributed by atoms with van der Waals surface area (Å²) in [5, 5.41) is 5.54. The maximum Gasteiger partial charge on any atom is 0.236 e. The summed E-state index contributed by atoms with van der Waals surface area (Å²) in [7, 11) is 0. The van der Waals surface area contributed by atoms with Gasteiger partial charge in [0.15, 0.2) is 0 Å². The van der Waals surface area contributed by atoms with E-state index >= 15 is 0 Å². The Morgan fingerprint density at radius 3 is 3.00 bits per heavy atom. The fourth-order valence-corrected chi connectivity index (χ4v) is 1.63. The van der Waals surface area contributed by atoms with E-state index in [1.165, 1.54) is 0 Å². The van der Waals surface area contributed by atoms with Gasteiger partial charge < -0.3 is 16.4 Å². The monoisotopic (exact) mass is 213 g/mol. The van der Waals surface area contributed by atoms with Crippen LogP contribution in [-0.2, 0) is 9.59 Å². The smallest absolute Gasteiger partial charge is 0.236 e. The van der Waals surface area contributed by atoms with Gasteiger partial charge >= 0.3 is 0 Å². The van der Waals surface area contributed by atoms with Gasteiger partial charge in [-0.15, -0.1) is 0 Å². The first kappa shape index (κ1) is 12.0. The third-order valence-electron chi connectivity index (χ3n) is 2.54. The van der Waals surface area contributed by atoms with Crippen LogP contribution < -0.4 is 16.4 Å². The lowest BCUT2D eigenvalue weighted by Gasteiger charge is -2.14. The SMILES string of the molecule is CCC[C@@H](N)C(=O)NCC1CCC(=O)N1. The van der Waals surface area contributed by atoms with Gasteiger partial charge in [-0.05, 0) is 12.8 Å². The van der Waals surface area contributed by atoms with Crippen LogP contribution in [0.2, 0.25) is 0 Å². The van der Waals surface area contributed by atoms with Gasteiger partial charge in [0.1, 0.15) is 0 Å². The Morgan fingerprint density at radius 1 is 1.73 bits per heavy atom. The third-order valence-corrected chi connectivity index (χ3v) is 2.54. The Morgan fingerprint density at radius 2 is 2.47 bits per heavy atom. The van der Waals surface area contributed by atoms with Crippen LogP contribution in [0.1, 0.15) is 32.6 Å². The molecule has 15 heavy (non-hydrogen) atoms. The van der Waals surface area contributed by atoms with Gasteiger partial charge in [0.25, 0.3) is 0 Å². The third kappa shape index (κ3) is 3.87. The maximum atomic E-state index is 11.4. The number of hydrogen-bond acceptors (Lipinski definition) is 3. The van der Waals surface area contributed by atoms with Gasteiger partial charge in [-0.1, -0.05) is 13.3 Å². The largest absolute Gasteiger partial charge is 0.353 e. The predicted molar refractivity (Wildman–Crippen MR) is 57.1 cm³/mol. The Kier molecular flexibility index (Phi) is 4.55. The highest BCUT2D eigenvalue weighted by molar-refractivity contribution is 5.82. The van der Waals surface area contributed by atoms with Crippen molar-refractivity contribution in [3.05, 3.63) is 0 Å². The van der Waals surface area contributed by atoms with Gasteiger partial charge in [0, 0.05) is 19.0 Å². The molecule has 5 heteroatoms. The van der Waals surface area contributed by atoms with Gasteiger partial charge in [0.05, 0.1) is 6.04 Å². The summed E-state index contributed by atoms with van der Waals surface area (Å²) in [6.07, 6.45) is 2.95. The molecule has 1 fully saturated rings. The quantitative estimate of drug-likeness (QED) is 0.576. The number of nitrogens with one attached hydrogen (secondary N) is 2. The molecule has 0 radical (unpaired) electrons. The van der Waals surface area contributed by atoms with Crippen molar-refractivity contribution in [3.8, 4) is 0 Å². The molecule has 0 spiro atoms. The van der Waals surface area contributed by atoms with Crippen LogP contribution in [0.15, 0.2) is 0 Å². The zero-order valence-corrected chi connectivity index (χ0v) is 9.08. The average Bonchev–Trinajstić information content (AvgIpc) is 2.61. The molecular weight excluding hydrogens is 194 g/mol. The molecule has 0 aliphatic carbocycles. The highest BCUT2D eigenvalue weighted by atomic mass is 16.2. The van der Waals surface area contributed by atoms with E-state index in [2.05, 4.69) is 10.6 Å². The van der Waals surface area contributed by atoms with Crippen LogP contribution in [0.5, 0.6) is 0 Å². The first-order chi connectivity index (χ1) is 7.13. The topological polar surface area (TPSA) is 84.2 Å². The van der Waals surface area contributed by atoms with Gasteiger partial charge in [0.2, 0.25) is 11.8 Å². The van der Waals surface area contributed by atoms with Crippen LogP contribution in [-0.4, -0.2) is 30.4 Å². The van der Waals surface area contributed by atoms with Gasteiger partial charge in [-0.3, -0.25) is 9.59 Å². The molecule has 1 rings (SSSR count). The summed E-state index contributed by atoms with van der Waals surface area (Å²) < 4.78 is 0. The zero-order valence-electron chi connectivity index (χ0n) is 9.08. The van der Waals surface area contributed by atoms with E-state index in [0.717, 1.165) is 12.8 Å². The minimum atomic E-state index is -0.424. The number of amides is 2. The van der Waals surface area contributed by atoms with Crippen molar-refractivity contribution in [1.82, 2.24) is 10.6 Å². The van der Waals surface area contributed by atoms with Crippen LogP contribution in [0.3, 0.4) is 0 Å². The number of carbonyl (C=O) groups excluding carboxylic acids is 2. The molecule has 0 aromatic heterocycles. The molecule has 5 nitrogen and oxygen atoms in total. The van der Waals surface area contributed by atoms with Crippen molar-refractivity contribution >= 4 is 11.8 Å². The summed E-state index contributed by atoms with van der Waals surface area (Å²) in [6.45, 7) is 2.48. The van der Waals surface area contributed by atoms with Gasteiger partial charge in [-0.2, -0.15) is 0 Å². The van der Waals surface area contributed by atoms with Crippen molar-refractivity contribution < 1.29 is 9.59 Å². The Labute approximate surface area is 89.8 Å². The van der Waals surface area contributed by atoms with E-state index in [-0.39, 0.29) is 17.9 Å². The lowest BCUT2D eigenvalue weighted by molar-refractivity contribution is -0.123. The standard InChI is InChI=1S/C10H19N3O2/c1-2-3-8(11)10(15)12-6-7-4-5-9(14)13-7/h7-8H,2-6,11H2,1H3,(H,12,15)(H,13,14)/t7?,8-/m1/s1. The van der Waals surface area contributed by atoms with Crippen LogP contribution in [0.25, 0.3) is 0 Å². The lowest BCUT2D eigenvalue weighted by Crippen LogP contribution is -2.45. The average molecular weight is 213 g/mol. The molecule has 1 saturated heterocycles. The number of nitrogens with two attached hydrogens (primary N) is 1.